The predicted molar refractivity (Wildman–Crippen MR) is 106 cm³/mol. The molecule has 0 fully saturated rings. The van der Waals surface area contributed by atoms with Gasteiger partial charge in [-0.2, -0.15) is 0 Å². The fourth-order valence-electron chi connectivity index (χ4n) is 2.22. The van der Waals surface area contributed by atoms with E-state index in [-0.39, 0.29) is 22.3 Å². The van der Waals surface area contributed by atoms with E-state index in [1.54, 1.807) is 44.2 Å². The molecule has 0 aliphatic heterocycles. The lowest BCUT2D eigenvalue weighted by molar-refractivity contribution is -0.150. The second-order valence-corrected chi connectivity index (χ2v) is 7.04. The minimum atomic E-state index is -0.940. The molecule has 28 heavy (non-hydrogen) atoms. The molecule has 7 nitrogen and oxygen atoms in total. The Hall–Kier alpha value is -2.64. The van der Waals surface area contributed by atoms with Crippen LogP contribution in [0.2, 0.25) is 10.0 Å². The van der Waals surface area contributed by atoms with Crippen molar-refractivity contribution in [2.24, 2.45) is 5.92 Å². The number of hydrogen-bond donors (Lipinski definition) is 2. The van der Waals surface area contributed by atoms with E-state index in [9.17, 15) is 14.4 Å². The molecular weight excluding hydrogens is 405 g/mol. The van der Waals surface area contributed by atoms with Crippen LogP contribution < -0.4 is 10.6 Å². The predicted octanol–water partition coefficient (Wildman–Crippen LogP) is 3.32. The highest BCUT2D eigenvalue weighted by atomic mass is 35.5. The molecule has 1 heterocycles. The zero-order chi connectivity index (χ0) is 20.7. The van der Waals surface area contributed by atoms with Crippen molar-refractivity contribution in [3.8, 4) is 0 Å². The van der Waals surface area contributed by atoms with Gasteiger partial charge in [-0.05, 0) is 30.2 Å². The number of carbonyl (C=O) groups is 3. The van der Waals surface area contributed by atoms with E-state index in [1.807, 2.05) is 0 Å². The summed E-state index contributed by atoms with van der Waals surface area (Å²) < 4.78 is 5.04. The summed E-state index contributed by atoms with van der Waals surface area (Å²) in [5, 5.41) is 5.77. The van der Waals surface area contributed by atoms with Crippen molar-refractivity contribution >= 4 is 46.8 Å². The molecule has 2 amide bonds. The summed E-state index contributed by atoms with van der Waals surface area (Å²) in [5.41, 5.74) is 0.245. The van der Waals surface area contributed by atoms with Gasteiger partial charge in [0.25, 0.3) is 11.8 Å². The van der Waals surface area contributed by atoms with Crippen LogP contribution in [0.4, 0.5) is 5.82 Å². The largest absolute Gasteiger partial charge is 0.454 e. The highest BCUT2D eigenvalue weighted by Crippen LogP contribution is 2.16. The summed E-state index contributed by atoms with van der Waals surface area (Å²) in [6, 6.07) is 8.63. The van der Waals surface area contributed by atoms with Gasteiger partial charge in [-0.1, -0.05) is 49.2 Å². The van der Waals surface area contributed by atoms with Crippen molar-refractivity contribution in [2.45, 2.75) is 19.9 Å². The first-order valence-corrected chi connectivity index (χ1v) is 9.17. The van der Waals surface area contributed by atoms with Crippen LogP contribution in [-0.2, 0) is 14.3 Å². The van der Waals surface area contributed by atoms with Crippen molar-refractivity contribution in [2.75, 3.05) is 11.9 Å². The Labute approximate surface area is 172 Å². The summed E-state index contributed by atoms with van der Waals surface area (Å²) in [4.78, 5) is 40.6. The Balaban J connectivity index is 1.93. The zero-order valence-corrected chi connectivity index (χ0v) is 16.8. The molecule has 0 aliphatic rings. The Kier molecular flexibility index (Phi) is 7.78. The monoisotopic (exact) mass is 423 g/mol. The molecule has 1 unspecified atom stereocenters. The molecule has 0 saturated carbocycles. The minimum absolute atomic E-state index is 0.245. The van der Waals surface area contributed by atoms with E-state index in [0.717, 1.165) is 0 Å². The smallest absolute Gasteiger partial charge is 0.329 e. The molecule has 1 atom stereocenters. The molecule has 0 aliphatic carbocycles. The number of anilines is 1. The number of benzene rings is 1. The summed E-state index contributed by atoms with van der Waals surface area (Å²) in [7, 11) is 0. The van der Waals surface area contributed by atoms with Gasteiger partial charge in [-0.3, -0.25) is 9.59 Å². The highest BCUT2D eigenvalue weighted by Gasteiger charge is 2.27. The van der Waals surface area contributed by atoms with Crippen LogP contribution in [0.25, 0.3) is 0 Å². The Morgan fingerprint density at radius 1 is 1.11 bits per heavy atom. The van der Waals surface area contributed by atoms with Crippen molar-refractivity contribution in [3.05, 3.63) is 58.2 Å². The number of pyridine rings is 1. The number of ether oxygens (including phenoxy) is 1. The molecule has 2 rings (SSSR count). The lowest BCUT2D eigenvalue weighted by atomic mass is 10.0. The molecule has 0 spiro atoms. The number of carbonyl (C=O) groups excluding carboxylic acids is 3. The maximum Gasteiger partial charge on any atom is 0.329 e. The first-order valence-electron chi connectivity index (χ1n) is 8.41. The van der Waals surface area contributed by atoms with Crippen molar-refractivity contribution in [3.63, 3.8) is 0 Å². The van der Waals surface area contributed by atoms with Crippen LogP contribution in [0.3, 0.4) is 0 Å². The first-order chi connectivity index (χ1) is 13.3. The summed E-state index contributed by atoms with van der Waals surface area (Å²) in [6.45, 7) is 2.97. The van der Waals surface area contributed by atoms with Gasteiger partial charge in [0, 0.05) is 6.20 Å². The summed E-state index contributed by atoms with van der Waals surface area (Å²) in [5.74, 6) is -1.79. The maximum atomic E-state index is 12.4. The standard InChI is InChI=1S/C19H19Cl2N3O4/c1-11(2)17(24-18(26)13-5-3-4-6-14(13)21)19(27)28-10-16(25)23-15-8-7-12(20)9-22-15/h3-9,11,17H,10H2,1-2H3,(H,24,26)(H,22,23,25). The van der Waals surface area contributed by atoms with Crippen molar-refractivity contribution in [1.29, 1.82) is 0 Å². The molecule has 1 aromatic heterocycles. The van der Waals surface area contributed by atoms with Crippen LogP contribution in [0.1, 0.15) is 24.2 Å². The zero-order valence-electron chi connectivity index (χ0n) is 15.2. The van der Waals surface area contributed by atoms with Gasteiger partial charge in [-0.25, -0.2) is 9.78 Å². The van der Waals surface area contributed by atoms with Crippen LogP contribution in [-0.4, -0.2) is 35.4 Å². The summed E-state index contributed by atoms with van der Waals surface area (Å²) >= 11 is 11.7. The van der Waals surface area contributed by atoms with Crippen molar-refractivity contribution < 1.29 is 19.1 Å². The topological polar surface area (TPSA) is 97.4 Å². The Bertz CT molecular complexity index is 857. The lowest BCUT2D eigenvalue weighted by Gasteiger charge is -2.21. The number of rotatable bonds is 7. The number of aromatic nitrogens is 1. The van der Waals surface area contributed by atoms with Crippen LogP contribution in [0, 0.1) is 5.92 Å². The van der Waals surface area contributed by atoms with Gasteiger partial charge in [0.05, 0.1) is 15.6 Å². The van der Waals surface area contributed by atoms with Crippen LogP contribution in [0.15, 0.2) is 42.6 Å². The lowest BCUT2D eigenvalue weighted by Crippen LogP contribution is -2.46. The molecule has 1 aromatic carbocycles. The molecule has 2 N–H and O–H groups in total. The Morgan fingerprint density at radius 3 is 2.43 bits per heavy atom. The molecule has 0 saturated heterocycles. The number of nitrogens with zero attached hydrogens (tertiary/aromatic N) is 1. The third-order valence-electron chi connectivity index (χ3n) is 3.67. The third-order valence-corrected chi connectivity index (χ3v) is 4.22. The molecule has 0 radical (unpaired) electrons. The number of amides is 2. The number of esters is 1. The van der Waals surface area contributed by atoms with Crippen molar-refractivity contribution in [1.82, 2.24) is 10.3 Å². The number of nitrogens with one attached hydrogen (secondary N) is 2. The first kappa shape index (κ1) is 21.7. The average Bonchev–Trinajstić information content (AvgIpc) is 2.66. The van der Waals surface area contributed by atoms with Crippen LogP contribution >= 0.6 is 23.2 Å². The fraction of sp³-hybridized carbons (Fsp3) is 0.263. The van der Waals surface area contributed by atoms with Crippen LogP contribution in [0.5, 0.6) is 0 Å². The van der Waals surface area contributed by atoms with E-state index < -0.39 is 30.4 Å². The van der Waals surface area contributed by atoms with E-state index >= 15 is 0 Å². The molecular formula is C19H19Cl2N3O4. The van der Waals surface area contributed by atoms with E-state index in [1.165, 1.54) is 12.3 Å². The van der Waals surface area contributed by atoms with Gasteiger partial charge in [0.1, 0.15) is 11.9 Å². The molecule has 2 aromatic rings. The second-order valence-electron chi connectivity index (χ2n) is 6.19. The highest BCUT2D eigenvalue weighted by molar-refractivity contribution is 6.33. The van der Waals surface area contributed by atoms with E-state index in [4.69, 9.17) is 27.9 Å². The van der Waals surface area contributed by atoms with Gasteiger partial charge >= 0.3 is 5.97 Å². The Morgan fingerprint density at radius 2 is 1.82 bits per heavy atom. The quantitative estimate of drug-likeness (QED) is 0.665. The average molecular weight is 424 g/mol. The van der Waals surface area contributed by atoms with Gasteiger partial charge in [-0.15, -0.1) is 0 Å². The van der Waals surface area contributed by atoms with E-state index in [2.05, 4.69) is 15.6 Å². The minimum Gasteiger partial charge on any atom is -0.454 e. The summed E-state index contributed by atoms with van der Waals surface area (Å²) in [6.07, 6.45) is 1.38. The van der Waals surface area contributed by atoms with E-state index in [0.29, 0.717) is 5.02 Å². The van der Waals surface area contributed by atoms with Gasteiger partial charge in [0.2, 0.25) is 0 Å². The van der Waals surface area contributed by atoms with Gasteiger partial charge in [0.15, 0.2) is 6.61 Å². The maximum absolute atomic E-state index is 12.4. The number of hydrogen-bond acceptors (Lipinski definition) is 5. The number of halogens is 2. The molecule has 0 bridgehead atoms. The molecule has 148 valence electrons. The second kappa shape index (κ2) is 10.1. The third kappa shape index (κ3) is 6.21. The SMILES string of the molecule is CC(C)C(NC(=O)c1ccccc1Cl)C(=O)OCC(=O)Nc1ccc(Cl)cn1. The fourth-order valence-corrected chi connectivity index (χ4v) is 2.55. The normalized spacial score (nSPS) is 11.6. The van der Waals surface area contributed by atoms with Gasteiger partial charge < -0.3 is 15.4 Å². The molecule has 9 heteroatoms.